The van der Waals surface area contributed by atoms with E-state index in [2.05, 4.69) is 13.8 Å². The highest BCUT2D eigenvalue weighted by Gasteiger charge is 2.50. The standard InChI is InChI=1S/C14H26O3/c1-4-5-6-12-11(2)14(16-9-10-17-14)8-7-13(12)15-3/h11-13H,4-10H2,1-3H3/t11-,12-,13?/m0/s1. The highest BCUT2D eigenvalue weighted by Crippen LogP contribution is 2.45. The molecule has 1 aliphatic carbocycles. The van der Waals surface area contributed by atoms with Gasteiger partial charge in [0.25, 0.3) is 0 Å². The van der Waals surface area contributed by atoms with Crippen molar-refractivity contribution in [2.24, 2.45) is 11.8 Å². The van der Waals surface area contributed by atoms with E-state index < -0.39 is 0 Å². The molecule has 0 N–H and O–H groups in total. The molecule has 0 aromatic heterocycles. The van der Waals surface area contributed by atoms with Gasteiger partial charge in [0.15, 0.2) is 5.79 Å². The molecule has 3 atom stereocenters. The first-order chi connectivity index (χ1) is 8.23. The minimum atomic E-state index is -0.298. The van der Waals surface area contributed by atoms with E-state index in [1.54, 1.807) is 0 Å². The van der Waals surface area contributed by atoms with Crippen molar-refractivity contribution in [1.82, 2.24) is 0 Å². The zero-order chi connectivity index (χ0) is 12.3. The third kappa shape index (κ3) is 2.51. The number of methoxy groups -OCH3 is 1. The van der Waals surface area contributed by atoms with Crippen LogP contribution in [0.25, 0.3) is 0 Å². The fourth-order valence-electron chi connectivity index (χ4n) is 3.48. The average Bonchev–Trinajstić information content (AvgIpc) is 2.81. The fourth-order valence-corrected chi connectivity index (χ4v) is 3.48. The van der Waals surface area contributed by atoms with Crippen molar-refractivity contribution in [3.8, 4) is 0 Å². The molecule has 0 aromatic carbocycles. The minimum Gasteiger partial charge on any atom is -0.381 e. The smallest absolute Gasteiger partial charge is 0.171 e. The van der Waals surface area contributed by atoms with Gasteiger partial charge in [0, 0.05) is 19.4 Å². The first kappa shape index (κ1) is 13.3. The molecular formula is C14H26O3. The van der Waals surface area contributed by atoms with Gasteiger partial charge in [-0.1, -0.05) is 26.7 Å². The highest BCUT2D eigenvalue weighted by molar-refractivity contribution is 4.93. The molecule has 2 aliphatic rings. The van der Waals surface area contributed by atoms with Crippen LogP contribution in [0, 0.1) is 11.8 Å². The van der Waals surface area contributed by atoms with E-state index in [1.807, 2.05) is 7.11 Å². The molecule has 1 saturated carbocycles. The third-order valence-electron chi connectivity index (χ3n) is 4.56. The molecular weight excluding hydrogens is 216 g/mol. The maximum absolute atomic E-state index is 5.92. The summed E-state index contributed by atoms with van der Waals surface area (Å²) in [7, 11) is 1.84. The average molecular weight is 242 g/mol. The van der Waals surface area contributed by atoms with Gasteiger partial charge in [-0.05, 0) is 18.8 Å². The summed E-state index contributed by atoms with van der Waals surface area (Å²) in [5.74, 6) is 0.718. The molecule has 3 nitrogen and oxygen atoms in total. The van der Waals surface area contributed by atoms with Crippen LogP contribution in [0.1, 0.15) is 46.0 Å². The van der Waals surface area contributed by atoms with Crippen LogP contribution < -0.4 is 0 Å². The molecule has 0 radical (unpaired) electrons. The first-order valence-electron chi connectivity index (χ1n) is 7.04. The lowest BCUT2D eigenvalue weighted by Gasteiger charge is -2.46. The molecule has 2 fully saturated rings. The van der Waals surface area contributed by atoms with Gasteiger partial charge in [-0.25, -0.2) is 0 Å². The molecule has 2 rings (SSSR count). The SMILES string of the molecule is CCCC[C@@H]1C(OC)CCC2(OCCO2)[C@H]1C. The van der Waals surface area contributed by atoms with E-state index in [-0.39, 0.29) is 5.79 Å². The van der Waals surface area contributed by atoms with Crippen molar-refractivity contribution in [1.29, 1.82) is 0 Å². The maximum Gasteiger partial charge on any atom is 0.171 e. The number of rotatable bonds is 4. The van der Waals surface area contributed by atoms with Gasteiger partial charge in [-0.15, -0.1) is 0 Å². The molecule has 0 aromatic rings. The van der Waals surface area contributed by atoms with Crippen LogP contribution in [-0.4, -0.2) is 32.2 Å². The minimum absolute atomic E-state index is 0.298. The van der Waals surface area contributed by atoms with E-state index in [1.165, 1.54) is 19.3 Å². The summed E-state index contributed by atoms with van der Waals surface area (Å²) in [6, 6.07) is 0. The Hall–Kier alpha value is -0.120. The van der Waals surface area contributed by atoms with Crippen LogP contribution >= 0.6 is 0 Å². The van der Waals surface area contributed by atoms with Gasteiger partial charge < -0.3 is 14.2 Å². The Morgan fingerprint density at radius 1 is 1.29 bits per heavy atom. The molecule has 1 saturated heterocycles. The zero-order valence-electron chi connectivity index (χ0n) is 11.4. The summed E-state index contributed by atoms with van der Waals surface area (Å²) in [6.45, 7) is 6.02. The van der Waals surface area contributed by atoms with E-state index in [0.29, 0.717) is 17.9 Å². The summed E-state index contributed by atoms with van der Waals surface area (Å²) in [5, 5.41) is 0. The van der Waals surface area contributed by atoms with Gasteiger partial charge in [0.2, 0.25) is 0 Å². The van der Waals surface area contributed by atoms with E-state index in [4.69, 9.17) is 14.2 Å². The number of hydrogen-bond acceptors (Lipinski definition) is 3. The van der Waals surface area contributed by atoms with Crippen molar-refractivity contribution in [2.45, 2.75) is 57.8 Å². The van der Waals surface area contributed by atoms with Gasteiger partial charge in [0.05, 0.1) is 19.3 Å². The molecule has 1 unspecified atom stereocenters. The van der Waals surface area contributed by atoms with Crippen molar-refractivity contribution < 1.29 is 14.2 Å². The Morgan fingerprint density at radius 2 is 2.00 bits per heavy atom. The van der Waals surface area contributed by atoms with E-state index >= 15 is 0 Å². The van der Waals surface area contributed by atoms with Gasteiger partial charge in [-0.3, -0.25) is 0 Å². The van der Waals surface area contributed by atoms with Crippen molar-refractivity contribution in [3.63, 3.8) is 0 Å². The van der Waals surface area contributed by atoms with Crippen molar-refractivity contribution >= 4 is 0 Å². The van der Waals surface area contributed by atoms with Gasteiger partial charge >= 0.3 is 0 Å². The molecule has 0 bridgehead atoms. The topological polar surface area (TPSA) is 27.7 Å². The second kappa shape index (κ2) is 5.68. The second-order valence-corrected chi connectivity index (χ2v) is 5.42. The Balaban J connectivity index is 2.06. The Morgan fingerprint density at radius 3 is 2.59 bits per heavy atom. The van der Waals surface area contributed by atoms with Crippen LogP contribution in [0.2, 0.25) is 0 Å². The van der Waals surface area contributed by atoms with Gasteiger partial charge in [-0.2, -0.15) is 0 Å². The van der Waals surface area contributed by atoms with Crippen molar-refractivity contribution in [2.75, 3.05) is 20.3 Å². The van der Waals surface area contributed by atoms with E-state index in [9.17, 15) is 0 Å². The molecule has 3 heteroatoms. The lowest BCUT2D eigenvalue weighted by atomic mass is 9.72. The summed E-state index contributed by atoms with van der Waals surface area (Å²) in [5.41, 5.74) is 0. The number of unbranched alkanes of at least 4 members (excludes halogenated alkanes) is 1. The van der Waals surface area contributed by atoms with Crippen LogP contribution in [-0.2, 0) is 14.2 Å². The van der Waals surface area contributed by atoms with Crippen LogP contribution in [0.5, 0.6) is 0 Å². The Labute approximate surface area is 105 Å². The summed E-state index contributed by atoms with van der Waals surface area (Å²) in [6.07, 6.45) is 6.17. The molecule has 17 heavy (non-hydrogen) atoms. The molecule has 1 spiro atoms. The predicted molar refractivity (Wildman–Crippen MR) is 66.8 cm³/mol. The zero-order valence-corrected chi connectivity index (χ0v) is 11.4. The van der Waals surface area contributed by atoms with Gasteiger partial charge in [0.1, 0.15) is 0 Å². The number of hydrogen-bond donors (Lipinski definition) is 0. The summed E-state index contributed by atoms with van der Waals surface area (Å²) in [4.78, 5) is 0. The molecule has 1 heterocycles. The molecule has 0 amide bonds. The lowest BCUT2D eigenvalue weighted by Crippen LogP contribution is -2.50. The number of ether oxygens (including phenoxy) is 3. The predicted octanol–water partition coefficient (Wildman–Crippen LogP) is 2.98. The van der Waals surface area contributed by atoms with Crippen LogP contribution in [0.15, 0.2) is 0 Å². The normalized spacial score (nSPS) is 36.5. The third-order valence-corrected chi connectivity index (χ3v) is 4.56. The van der Waals surface area contributed by atoms with Crippen LogP contribution in [0.3, 0.4) is 0 Å². The molecule has 100 valence electrons. The first-order valence-corrected chi connectivity index (χ1v) is 7.04. The van der Waals surface area contributed by atoms with Crippen LogP contribution in [0.4, 0.5) is 0 Å². The summed E-state index contributed by atoms with van der Waals surface area (Å²) < 4.78 is 17.5. The summed E-state index contributed by atoms with van der Waals surface area (Å²) >= 11 is 0. The quantitative estimate of drug-likeness (QED) is 0.758. The maximum atomic E-state index is 5.92. The molecule has 1 aliphatic heterocycles. The Kier molecular flexibility index (Phi) is 4.45. The highest BCUT2D eigenvalue weighted by atomic mass is 16.7. The Bertz CT molecular complexity index is 236. The fraction of sp³-hybridized carbons (Fsp3) is 1.00. The van der Waals surface area contributed by atoms with Crippen molar-refractivity contribution in [3.05, 3.63) is 0 Å². The largest absolute Gasteiger partial charge is 0.381 e. The second-order valence-electron chi connectivity index (χ2n) is 5.42. The van der Waals surface area contributed by atoms with E-state index in [0.717, 1.165) is 26.1 Å². The lowest BCUT2D eigenvalue weighted by molar-refractivity contribution is -0.240. The monoisotopic (exact) mass is 242 g/mol.